The third kappa shape index (κ3) is 4.03. The summed E-state index contributed by atoms with van der Waals surface area (Å²) >= 11 is 4.16. The van der Waals surface area contributed by atoms with Gasteiger partial charge in [0, 0.05) is 10.9 Å². The second-order valence-corrected chi connectivity index (χ2v) is 8.38. The first-order chi connectivity index (χ1) is 9.16. The first-order valence-electron chi connectivity index (χ1n) is 5.98. The molecule has 1 aromatic rings. The number of nitrogens with one attached hydrogen (secondary N) is 1. The van der Waals surface area contributed by atoms with Crippen molar-refractivity contribution >= 4 is 43.3 Å². The maximum absolute atomic E-state index is 12.4. The SMILES string of the molecule is CCC(C)(C)NS(=O)(=O)c1sc(C(=O)OC)cc1CBr. The normalized spacial score (nSPS) is 12.4. The first kappa shape index (κ1) is 17.6. The second-order valence-electron chi connectivity index (χ2n) is 4.89. The van der Waals surface area contributed by atoms with Crippen molar-refractivity contribution in [1.82, 2.24) is 4.72 Å². The van der Waals surface area contributed by atoms with Crippen molar-refractivity contribution in [2.75, 3.05) is 7.11 Å². The molecule has 0 radical (unpaired) electrons. The van der Waals surface area contributed by atoms with Gasteiger partial charge in [0.25, 0.3) is 10.0 Å². The third-order valence-corrected chi connectivity index (χ3v) is 6.88. The Morgan fingerprint density at radius 2 is 2.10 bits per heavy atom. The van der Waals surface area contributed by atoms with Gasteiger partial charge in [0.05, 0.1) is 7.11 Å². The number of hydrogen-bond donors (Lipinski definition) is 1. The van der Waals surface area contributed by atoms with Gasteiger partial charge < -0.3 is 4.74 Å². The minimum atomic E-state index is -3.66. The summed E-state index contributed by atoms with van der Waals surface area (Å²) in [5.74, 6) is -0.534. The highest BCUT2D eigenvalue weighted by Gasteiger charge is 2.29. The molecule has 5 nitrogen and oxygen atoms in total. The third-order valence-electron chi connectivity index (χ3n) is 2.84. The van der Waals surface area contributed by atoms with Crippen molar-refractivity contribution in [2.45, 2.75) is 42.3 Å². The van der Waals surface area contributed by atoms with Crippen LogP contribution in [0, 0.1) is 0 Å². The van der Waals surface area contributed by atoms with Crippen LogP contribution in [0.1, 0.15) is 42.4 Å². The van der Waals surface area contributed by atoms with Gasteiger partial charge in [-0.25, -0.2) is 17.9 Å². The van der Waals surface area contributed by atoms with Crippen LogP contribution < -0.4 is 4.72 Å². The van der Waals surface area contributed by atoms with Gasteiger partial charge in [-0.1, -0.05) is 22.9 Å². The molecule has 0 spiro atoms. The van der Waals surface area contributed by atoms with E-state index in [0.717, 1.165) is 11.3 Å². The molecule has 0 bridgehead atoms. The van der Waals surface area contributed by atoms with E-state index < -0.39 is 21.5 Å². The molecule has 1 N–H and O–H groups in total. The summed E-state index contributed by atoms with van der Waals surface area (Å²) < 4.78 is 32.3. The first-order valence-corrected chi connectivity index (χ1v) is 9.40. The average Bonchev–Trinajstić information content (AvgIpc) is 2.81. The monoisotopic (exact) mass is 383 g/mol. The molecule has 0 saturated heterocycles. The molecule has 20 heavy (non-hydrogen) atoms. The molecule has 1 heterocycles. The maximum Gasteiger partial charge on any atom is 0.348 e. The quantitative estimate of drug-likeness (QED) is 0.605. The fourth-order valence-corrected chi connectivity index (χ4v) is 5.33. The zero-order valence-corrected chi connectivity index (χ0v) is 15.0. The van der Waals surface area contributed by atoms with Crippen LogP contribution in [0.3, 0.4) is 0 Å². The lowest BCUT2D eigenvalue weighted by atomic mass is 10.0. The number of methoxy groups -OCH3 is 1. The van der Waals surface area contributed by atoms with Crippen molar-refractivity contribution in [3.8, 4) is 0 Å². The lowest BCUT2D eigenvalue weighted by Crippen LogP contribution is -2.42. The predicted molar refractivity (Wildman–Crippen MR) is 83.0 cm³/mol. The van der Waals surface area contributed by atoms with Crippen LogP contribution in [0.2, 0.25) is 0 Å². The van der Waals surface area contributed by atoms with Gasteiger partial charge in [0.2, 0.25) is 0 Å². The van der Waals surface area contributed by atoms with Crippen LogP contribution in [0.4, 0.5) is 0 Å². The van der Waals surface area contributed by atoms with Gasteiger partial charge >= 0.3 is 5.97 Å². The van der Waals surface area contributed by atoms with Gasteiger partial charge in [-0.2, -0.15) is 0 Å². The summed E-state index contributed by atoms with van der Waals surface area (Å²) in [7, 11) is -2.40. The second kappa shape index (κ2) is 6.55. The number of thiophene rings is 1. The molecule has 1 aromatic heterocycles. The van der Waals surface area contributed by atoms with Gasteiger partial charge in [0.15, 0.2) is 0 Å². The molecule has 0 saturated carbocycles. The van der Waals surface area contributed by atoms with E-state index in [4.69, 9.17) is 0 Å². The van der Waals surface area contributed by atoms with Crippen LogP contribution in [0.5, 0.6) is 0 Å². The molecule has 8 heteroatoms. The van der Waals surface area contributed by atoms with Crippen LogP contribution in [0.15, 0.2) is 10.3 Å². The molecular formula is C12H18BrNO4S2. The summed E-state index contributed by atoms with van der Waals surface area (Å²) in [4.78, 5) is 11.8. The number of ether oxygens (including phenoxy) is 1. The largest absolute Gasteiger partial charge is 0.465 e. The van der Waals surface area contributed by atoms with E-state index >= 15 is 0 Å². The summed E-state index contributed by atoms with van der Waals surface area (Å²) in [5.41, 5.74) is 0.00693. The molecule has 0 fully saturated rings. The van der Waals surface area contributed by atoms with Gasteiger partial charge in [-0.05, 0) is 31.9 Å². The van der Waals surface area contributed by atoms with E-state index in [9.17, 15) is 13.2 Å². The smallest absolute Gasteiger partial charge is 0.348 e. The fraction of sp³-hybridized carbons (Fsp3) is 0.583. The Kier molecular flexibility index (Phi) is 5.77. The van der Waals surface area contributed by atoms with Crippen LogP contribution in [-0.4, -0.2) is 27.0 Å². The van der Waals surface area contributed by atoms with Gasteiger partial charge in [0.1, 0.15) is 9.09 Å². The molecule has 0 aromatic carbocycles. The average molecular weight is 384 g/mol. The van der Waals surface area contributed by atoms with E-state index in [2.05, 4.69) is 25.4 Å². The summed E-state index contributed by atoms with van der Waals surface area (Å²) in [6.07, 6.45) is 0.658. The lowest BCUT2D eigenvalue weighted by Gasteiger charge is -2.23. The van der Waals surface area contributed by atoms with Gasteiger partial charge in [-0.3, -0.25) is 0 Å². The van der Waals surface area contributed by atoms with Crippen LogP contribution in [0.25, 0.3) is 0 Å². The molecular weight excluding hydrogens is 366 g/mol. The molecule has 114 valence electrons. The molecule has 0 aliphatic rings. The molecule has 1 rings (SSSR count). The Morgan fingerprint density at radius 3 is 2.55 bits per heavy atom. The van der Waals surface area contributed by atoms with E-state index in [1.165, 1.54) is 7.11 Å². The van der Waals surface area contributed by atoms with Crippen LogP contribution >= 0.6 is 27.3 Å². The fourth-order valence-electron chi connectivity index (χ4n) is 1.42. The highest BCUT2D eigenvalue weighted by Crippen LogP contribution is 2.30. The van der Waals surface area contributed by atoms with Crippen molar-refractivity contribution in [3.05, 3.63) is 16.5 Å². The molecule has 0 amide bonds. The Labute approximate surface area is 131 Å². The summed E-state index contributed by atoms with van der Waals surface area (Å²) in [6.45, 7) is 5.53. The van der Waals surface area contributed by atoms with Crippen molar-refractivity contribution in [1.29, 1.82) is 0 Å². The van der Waals surface area contributed by atoms with E-state index in [1.807, 2.05) is 20.8 Å². The van der Waals surface area contributed by atoms with Gasteiger partial charge in [-0.15, -0.1) is 11.3 Å². The Morgan fingerprint density at radius 1 is 1.50 bits per heavy atom. The minimum absolute atomic E-state index is 0.149. The van der Waals surface area contributed by atoms with Crippen molar-refractivity contribution < 1.29 is 17.9 Å². The number of hydrogen-bond acceptors (Lipinski definition) is 5. The summed E-state index contributed by atoms with van der Waals surface area (Å²) in [6, 6.07) is 1.54. The summed E-state index contributed by atoms with van der Waals surface area (Å²) in [5, 5.41) is 0.350. The topological polar surface area (TPSA) is 72.5 Å². The Bertz CT molecular complexity index is 593. The Hall–Kier alpha value is -0.440. The number of rotatable bonds is 6. The molecule has 0 unspecified atom stereocenters. The Balaban J connectivity index is 3.24. The van der Waals surface area contributed by atoms with E-state index in [1.54, 1.807) is 6.07 Å². The maximum atomic E-state index is 12.4. The standard InChI is InChI=1S/C12H18BrNO4S2/c1-5-12(2,3)14-20(16,17)11-8(7-13)6-9(19-11)10(15)18-4/h6,14H,5,7H2,1-4H3. The highest BCUT2D eigenvalue weighted by molar-refractivity contribution is 9.08. The number of carbonyl (C=O) groups excluding carboxylic acids is 1. The number of halogens is 1. The highest BCUT2D eigenvalue weighted by atomic mass is 79.9. The molecule has 0 aliphatic carbocycles. The van der Waals surface area contributed by atoms with E-state index in [-0.39, 0.29) is 9.09 Å². The van der Waals surface area contributed by atoms with Crippen molar-refractivity contribution in [3.63, 3.8) is 0 Å². The van der Waals surface area contributed by atoms with E-state index in [0.29, 0.717) is 17.3 Å². The lowest BCUT2D eigenvalue weighted by molar-refractivity contribution is 0.0606. The number of esters is 1. The minimum Gasteiger partial charge on any atom is -0.465 e. The predicted octanol–water partition coefficient (Wildman–Crippen LogP) is 2.90. The van der Waals surface area contributed by atoms with Crippen molar-refractivity contribution in [2.24, 2.45) is 0 Å². The molecule has 0 atom stereocenters. The van der Waals surface area contributed by atoms with Crippen LogP contribution in [-0.2, 0) is 20.1 Å². The number of sulfonamides is 1. The molecule has 0 aliphatic heterocycles. The zero-order chi connectivity index (χ0) is 15.6. The zero-order valence-electron chi connectivity index (χ0n) is 11.8. The number of alkyl halides is 1. The number of carbonyl (C=O) groups is 1.